The fourth-order valence-corrected chi connectivity index (χ4v) is 3.57. The number of anilines is 1. The molecule has 0 aromatic carbocycles. The Morgan fingerprint density at radius 2 is 2.42 bits per heavy atom. The Labute approximate surface area is 117 Å². The average molecular weight is 274 g/mol. The Kier molecular flexibility index (Phi) is 3.48. The lowest BCUT2D eigenvalue weighted by atomic mass is 9.99. The lowest BCUT2D eigenvalue weighted by molar-refractivity contribution is 0.563. The van der Waals surface area contributed by atoms with Crippen LogP contribution in [-0.4, -0.2) is 17.0 Å². The van der Waals surface area contributed by atoms with E-state index in [0.717, 1.165) is 30.2 Å². The fraction of sp³-hybridized carbons (Fsp3) is 0.429. The van der Waals surface area contributed by atoms with E-state index in [0.29, 0.717) is 0 Å². The van der Waals surface area contributed by atoms with Crippen molar-refractivity contribution in [1.82, 2.24) is 9.97 Å². The highest BCUT2D eigenvalue weighted by Gasteiger charge is 2.22. The van der Waals surface area contributed by atoms with Crippen molar-refractivity contribution < 1.29 is 0 Å². The molecule has 0 saturated carbocycles. The van der Waals surface area contributed by atoms with Gasteiger partial charge in [-0.15, -0.1) is 11.3 Å². The van der Waals surface area contributed by atoms with Crippen LogP contribution < -0.4 is 10.6 Å². The summed E-state index contributed by atoms with van der Waals surface area (Å²) < 4.78 is 0. The Bertz CT molecular complexity index is 552. The highest BCUT2D eigenvalue weighted by atomic mass is 32.1. The molecule has 2 aromatic rings. The van der Waals surface area contributed by atoms with E-state index >= 15 is 0 Å². The second kappa shape index (κ2) is 5.27. The van der Waals surface area contributed by atoms with E-state index < -0.39 is 0 Å². The second-order valence-electron chi connectivity index (χ2n) is 5.02. The molecule has 0 aliphatic heterocycles. The normalized spacial score (nSPS) is 18.1. The van der Waals surface area contributed by atoms with Crippen molar-refractivity contribution in [2.24, 2.45) is 5.73 Å². The highest BCUT2D eigenvalue weighted by molar-refractivity contribution is 7.15. The van der Waals surface area contributed by atoms with Crippen LogP contribution in [0, 0.1) is 0 Å². The third kappa shape index (κ3) is 2.62. The summed E-state index contributed by atoms with van der Waals surface area (Å²) in [5.74, 6) is 0. The van der Waals surface area contributed by atoms with Crippen LogP contribution in [0.25, 0.3) is 0 Å². The molecule has 0 amide bonds. The molecule has 100 valence electrons. The van der Waals surface area contributed by atoms with Gasteiger partial charge >= 0.3 is 0 Å². The first kappa shape index (κ1) is 12.6. The summed E-state index contributed by atoms with van der Waals surface area (Å²) in [4.78, 5) is 12.4. The number of aromatic nitrogens is 2. The molecule has 0 saturated heterocycles. The van der Waals surface area contributed by atoms with Gasteiger partial charge in [-0.2, -0.15) is 0 Å². The number of nitrogens with two attached hydrogens (primary N) is 1. The van der Waals surface area contributed by atoms with Crippen LogP contribution in [0.4, 0.5) is 5.13 Å². The molecule has 4 nitrogen and oxygen atoms in total. The molecule has 1 unspecified atom stereocenters. The largest absolute Gasteiger partial charge is 0.347 e. The van der Waals surface area contributed by atoms with Crippen molar-refractivity contribution in [3.05, 3.63) is 40.7 Å². The maximum Gasteiger partial charge on any atom is 0.185 e. The monoisotopic (exact) mass is 274 g/mol. The second-order valence-corrected chi connectivity index (χ2v) is 6.08. The Balaban J connectivity index is 1.79. The van der Waals surface area contributed by atoms with Crippen LogP contribution in [0.5, 0.6) is 0 Å². The molecule has 3 rings (SSSR count). The molecule has 0 spiro atoms. The first-order valence-electron chi connectivity index (χ1n) is 6.59. The van der Waals surface area contributed by atoms with Crippen molar-refractivity contribution in [3.8, 4) is 0 Å². The van der Waals surface area contributed by atoms with Crippen molar-refractivity contribution >= 4 is 16.5 Å². The van der Waals surface area contributed by atoms with E-state index in [1.54, 1.807) is 17.5 Å². The molecule has 5 heteroatoms. The molecule has 0 fully saturated rings. The standard InChI is InChI=1S/C14H18N4S/c1-18(9-10-4-3-7-16-8-10)14-17-13-11(15)5-2-6-12(13)19-14/h3-4,7-8,11H,2,5-6,9,15H2,1H3. The summed E-state index contributed by atoms with van der Waals surface area (Å²) in [7, 11) is 2.07. The van der Waals surface area contributed by atoms with Crippen molar-refractivity contribution in [1.29, 1.82) is 0 Å². The molecule has 2 heterocycles. The van der Waals surface area contributed by atoms with E-state index in [1.165, 1.54) is 16.9 Å². The van der Waals surface area contributed by atoms with Crippen LogP contribution >= 0.6 is 11.3 Å². The third-order valence-electron chi connectivity index (χ3n) is 3.46. The number of nitrogens with zero attached hydrogens (tertiary/aromatic N) is 3. The first-order valence-corrected chi connectivity index (χ1v) is 7.41. The van der Waals surface area contributed by atoms with Gasteiger partial charge < -0.3 is 10.6 Å². The highest BCUT2D eigenvalue weighted by Crippen LogP contribution is 2.35. The fourth-order valence-electron chi connectivity index (χ4n) is 2.44. The molecule has 0 radical (unpaired) electrons. The molecular formula is C14H18N4S. The van der Waals surface area contributed by atoms with E-state index in [4.69, 9.17) is 10.7 Å². The summed E-state index contributed by atoms with van der Waals surface area (Å²) in [6.45, 7) is 0.829. The molecule has 0 bridgehead atoms. The van der Waals surface area contributed by atoms with Gasteiger partial charge in [0.15, 0.2) is 5.13 Å². The summed E-state index contributed by atoms with van der Waals surface area (Å²) in [6.07, 6.45) is 7.06. The smallest absolute Gasteiger partial charge is 0.185 e. The molecule has 19 heavy (non-hydrogen) atoms. The quantitative estimate of drug-likeness (QED) is 0.934. The zero-order valence-electron chi connectivity index (χ0n) is 11.0. The van der Waals surface area contributed by atoms with Gasteiger partial charge in [-0.05, 0) is 30.9 Å². The molecule has 2 aromatic heterocycles. The van der Waals surface area contributed by atoms with Gasteiger partial charge in [0.25, 0.3) is 0 Å². The van der Waals surface area contributed by atoms with Gasteiger partial charge in [0.2, 0.25) is 0 Å². The minimum absolute atomic E-state index is 0.126. The Morgan fingerprint density at radius 1 is 1.53 bits per heavy atom. The minimum atomic E-state index is 0.126. The van der Waals surface area contributed by atoms with Crippen LogP contribution in [0.3, 0.4) is 0 Å². The maximum absolute atomic E-state index is 6.13. The first-order chi connectivity index (χ1) is 9.24. The number of thiazole rings is 1. The molecule has 1 atom stereocenters. The average Bonchev–Trinajstić information content (AvgIpc) is 2.85. The maximum atomic E-state index is 6.13. The van der Waals surface area contributed by atoms with Gasteiger partial charge in [0.1, 0.15) is 0 Å². The van der Waals surface area contributed by atoms with Crippen LogP contribution in [0.1, 0.15) is 35.0 Å². The number of rotatable bonds is 3. The van der Waals surface area contributed by atoms with Gasteiger partial charge in [-0.3, -0.25) is 4.98 Å². The molecule has 2 N–H and O–H groups in total. The summed E-state index contributed by atoms with van der Waals surface area (Å²) in [6, 6.07) is 4.18. The van der Waals surface area contributed by atoms with E-state index in [-0.39, 0.29) is 6.04 Å². The van der Waals surface area contributed by atoms with Gasteiger partial charge in [0.05, 0.1) is 5.69 Å². The molecule has 1 aliphatic rings. The molecular weight excluding hydrogens is 256 g/mol. The lowest BCUT2D eigenvalue weighted by Crippen LogP contribution is -2.18. The predicted molar refractivity (Wildman–Crippen MR) is 78.3 cm³/mol. The topological polar surface area (TPSA) is 55.0 Å². The number of hydrogen-bond donors (Lipinski definition) is 1. The zero-order valence-corrected chi connectivity index (χ0v) is 11.9. The van der Waals surface area contributed by atoms with Gasteiger partial charge in [-0.25, -0.2) is 4.98 Å². The zero-order chi connectivity index (χ0) is 13.2. The predicted octanol–water partition coefficient (Wildman–Crippen LogP) is 2.51. The van der Waals surface area contributed by atoms with Crippen LogP contribution in [0.2, 0.25) is 0 Å². The number of fused-ring (bicyclic) bond motifs is 1. The summed E-state index contributed by atoms with van der Waals surface area (Å²) in [5.41, 5.74) is 8.44. The van der Waals surface area contributed by atoms with Crippen LogP contribution in [-0.2, 0) is 13.0 Å². The van der Waals surface area contributed by atoms with Crippen molar-refractivity contribution in [3.63, 3.8) is 0 Å². The van der Waals surface area contributed by atoms with E-state index in [2.05, 4.69) is 23.0 Å². The van der Waals surface area contributed by atoms with Crippen molar-refractivity contribution in [2.45, 2.75) is 31.8 Å². The Hall–Kier alpha value is -1.46. The third-order valence-corrected chi connectivity index (χ3v) is 4.70. The minimum Gasteiger partial charge on any atom is -0.347 e. The lowest BCUT2D eigenvalue weighted by Gasteiger charge is -2.16. The van der Waals surface area contributed by atoms with Gasteiger partial charge in [0, 0.05) is 36.9 Å². The van der Waals surface area contributed by atoms with Gasteiger partial charge in [-0.1, -0.05) is 6.07 Å². The number of pyridine rings is 1. The number of hydrogen-bond acceptors (Lipinski definition) is 5. The SMILES string of the molecule is CN(Cc1cccnc1)c1nc2c(s1)CCCC2N. The Morgan fingerprint density at radius 3 is 3.16 bits per heavy atom. The van der Waals surface area contributed by atoms with Crippen molar-refractivity contribution in [2.75, 3.05) is 11.9 Å². The van der Waals surface area contributed by atoms with E-state index in [1.807, 2.05) is 12.3 Å². The summed E-state index contributed by atoms with van der Waals surface area (Å²) >= 11 is 1.78. The molecule has 1 aliphatic carbocycles. The van der Waals surface area contributed by atoms with E-state index in [9.17, 15) is 0 Å². The summed E-state index contributed by atoms with van der Waals surface area (Å²) in [5, 5.41) is 1.06. The number of aryl methyl sites for hydroxylation is 1. The van der Waals surface area contributed by atoms with Crippen LogP contribution in [0.15, 0.2) is 24.5 Å².